The second-order valence-electron chi connectivity index (χ2n) is 7.95. The highest BCUT2D eigenvalue weighted by atomic mass is 32.2. The molecule has 1 amide bonds. The summed E-state index contributed by atoms with van der Waals surface area (Å²) in [6.45, 7) is 3.42. The van der Waals surface area contributed by atoms with Crippen LogP contribution in [0.3, 0.4) is 0 Å². The number of furan rings is 1. The maximum atomic E-state index is 13.2. The summed E-state index contributed by atoms with van der Waals surface area (Å²) in [6, 6.07) is 11.6. The number of amides is 1. The van der Waals surface area contributed by atoms with Crippen LogP contribution in [-0.2, 0) is 16.1 Å². The van der Waals surface area contributed by atoms with Gasteiger partial charge in [0, 0.05) is 13.0 Å². The smallest absolute Gasteiger partial charge is 0.253 e. The number of tetrazole rings is 1. The van der Waals surface area contributed by atoms with E-state index >= 15 is 0 Å². The number of hydrazone groups is 1. The topological polar surface area (TPSA) is 98.6 Å². The van der Waals surface area contributed by atoms with Gasteiger partial charge in [-0.1, -0.05) is 41.6 Å². The van der Waals surface area contributed by atoms with Gasteiger partial charge in [-0.05, 0) is 47.9 Å². The van der Waals surface area contributed by atoms with E-state index in [0.717, 1.165) is 36.5 Å². The first-order valence-corrected chi connectivity index (χ1v) is 11.7. The highest BCUT2D eigenvalue weighted by molar-refractivity contribution is 7.99. The SMILES string of the molecule is Cc1ccc(C2=NN(C(=O)CSc3nnnn3C[C@H]3CCCO3)[C@H](c3ccco3)C2)cc1. The number of rotatable bonds is 7. The van der Waals surface area contributed by atoms with Crippen molar-refractivity contribution in [2.45, 2.75) is 50.0 Å². The van der Waals surface area contributed by atoms with Crippen molar-refractivity contribution in [3.63, 3.8) is 0 Å². The standard InChI is InChI=1S/C22H24N6O3S/c1-15-6-8-16(9-7-15)18-12-19(20-5-3-11-31-20)28(24-18)21(29)14-32-22-23-25-26-27(22)13-17-4-2-10-30-17/h3,5-9,11,17,19H,2,4,10,12-14H2,1H3/t17-,19+/m1/s1. The number of carbonyl (C=O) groups excluding carboxylic acids is 1. The van der Waals surface area contributed by atoms with Crippen molar-refractivity contribution < 1.29 is 13.9 Å². The number of benzene rings is 1. The molecule has 4 heterocycles. The molecule has 1 saturated heterocycles. The predicted octanol–water partition coefficient (Wildman–Crippen LogP) is 3.22. The van der Waals surface area contributed by atoms with E-state index in [0.29, 0.717) is 18.1 Å². The van der Waals surface area contributed by atoms with E-state index in [1.165, 1.54) is 22.3 Å². The van der Waals surface area contributed by atoms with Crippen LogP contribution in [-0.4, -0.2) is 55.3 Å². The quantitative estimate of drug-likeness (QED) is 0.508. The van der Waals surface area contributed by atoms with Crippen molar-refractivity contribution in [3.05, 3.63) is 59.5 Å². The van der Waals surface area contributed by atoms with Crippen LogP contribution in [0.2, 0.25) is 0 Å². The molecule has 5 rings (SSSR count). The summed E-state index contributed by atoms with van der Waals surface area (Å²) in [4.78, 5) is 13.2. The number of thioether (sulfide) groups is 1. The molecule has 2 aliphatic rings. The van der Waals surface area contributed by atoms with Gasteiger partial charge >= 0.3 is 0 Å². The maximum absolute atomic E-state index is 13.2. The minimum absolute atomic E-state index is 0.120. The van der Waals surface area contributed by atoms with Crippen molar-refractivity contribution >= 4 is 23.4 Å². The summed E-state index contributed by atoms with van der Waals surface area (Å²) >= 11 is 1.31. The van der Waals surface area contributed by atoms with Crippen LogP contribution in [0.25, 0.3) is 0 Å². The molecule has 10 heteroatoms. The highest BCUT2D eigenvalue weighted by Crippen LogP contribution is 2.34. The lowest BCUT2D eigenvalue weighted by Crippen LogP contribution is -2.28. The van der Waals surface area contributed by atoms with E-state index in [-0.39, 0.29) is 23.8 Å². The molecule has 0 spiro atoms. The minimum Gasteiger partial charge on any atom is -0.467 e. The van der Waals surface area contributed by atoms with E-state index in [2.05, 4.69) is 20.6 Å². The molecule has 0 aliphatic carbocycles. The predicted molar refractivity (Wildman–Crippen MR) is 118 cm³/mol. The Balaban J connectivity index is 1.30. The third kappa shape index (κ3) is 4.46. The molecule has 9 nitrogen and oxygen atoms in total. The Labute approximate surface area is 189 Å². The zero-order valence-corrected chi connectivity index (χ0v) is 18.6. The molecule has 0 unspecified atom stereocenters. The fraction of sp³-hybridized carbons (Fsp3) is 0.409. The third-order valence-corrected chi connectivity index (χ3v) is 6.59. The Morgan fingerprint density at radius 1 is 1.25 bits per heavy atom. The molecule has 2 atom stereocenters. The second kappa shape index (κ2) is 9.25. The van der Waals surface area contributed by atoms with E-state index < -0.39 is 0 Å². The average Bonchev–Trinajstić information content (AvgIpc) is 3.60. The minimum atomic E-state index is -0.266. The Kier molecular flexibility index (Phi) is 6.04. The third-order valence-electron chi connectivity index (χ3n) is 5.65. The monoisotopic (exact) mass is 452 g/mol. The van der Waals surface area contributed by atoms with Crippen molar-refractivity contribution in [2.75, 3.05) is 12.4 Å². The van der Waals surface area contributed by atoms with E-state index in [1.54, 1.807) is 10.9 Å². The second-order valence-corrected chi connectivity index (χ2v) is 8.90. The lowest BCUT2D eigenvalue weighted by molar-refractivity contribution is -0.130. The molecule has 1 aromatic carbocycles. The van der Waals surface area contributed by atoms with Gasteiger partial charge in [0.2, 0.25) is 5.16 Å². The van der Waals surface area contributed by atoms with E-state index in [1.807, 2.05) is 43.3 Å². The molecule has 166 valence electrons. The van der Waals surface area contributed by atoms with E-state index in [9.17, 15) is 4.79 Å². The van der Waals surface area contributed by atoms with Crippen molar-refractivity contribution in [1.82, 2.24) is 25.2 Å². The lowest BCUT2D eigenvalue weighted by atomic mass is 10.0. The van der Waals surface area contributed by atoms with Gasteiger partial charge in [-0.25, -0.2) is 9.69 Å². The number of hydrogen-bond acceptors (Lipinski definition) is 8. The Hall–Kier alpha value is -2.98. The normalized spacial score (nSPS) is 20.7. The Morgan fingerprint density at radius 2 is 2.12 bits per heavy atom. The summed E-state index contributed by atoms with van der Waals surface area (Å²) in [5, 5.41) is 18.7. The number of nitrogens with zero attached hydrogens (tertiary/aromatic N) is 6. The van der Waals surface area contributed by atoms with Gasteiger partial charge in [0.25, 0.3) is 5.91 Å². The molecule has 0 saturated carbocycles. The molecule has 2 aromatic heterocycles. The Bertz CT molecular complexity index is 1090. The van der Waals surface area contributed by atoms with Gasteiger partial charge in [0.1, 0.15) is 11.8 Å². The van der Waals surface area contributed by atoms with Crippen molar-refractivity contribution in [3.8, 4) is 0 Å². The number of ether oxygens (including phenoxy) is 1. The van der Waals surface area contributed by atoms with Gasteiger partial charge in [0.15, 0.2) is 0 Å². The summed E-state index contributed by atoms with van der Waals surface area (Å²) in [7, 11) is 0. The number of aryl methyl sites for hydroxylation is 1. The first-order chi connectivity index (χ1) is 15.7. The molecule has 32 heavy (non-hydrogen) atoms. The van der Waals surface area contributed by atoms with Crippen LogP contribution in [0.5, 0.6) is 0 Å². The molecular formula is C22H24N6O3S. The fourth-order valence-electron chi connectivity index (χ4n) is 3.95. The fourth-order valence-corrected chi connectivity index (χ4v) is 4.69. The first kappa shape index (κ1) is 20.9. The summed E-state index contributed by atoms with van der Waals surface area (Å²) in [5.74, 6) is 0.774. The van der Waals surface area contributed by atoms with E-state index in [4.69, 9.17) is 9.15 Å². The summed E-state index contributed by atoms with van der Waals surface area (Å²) in [5.41, 5.74) is 3.06. The molecule has 0 N–H and O–H groups in total. The molecule has 1 fully saturated rings. The number of aromatic nitrogens is 4. The molecule has 0 bridgehead atoms. The zero-order chi connectivity index (χ0) is 21.9. The molecule has 2 aliphatic heterocycles. The van der Waals surface area contributed by atoms with Crippen LogP contribution in [0.15, 0.2) is 57.3 Å². The first-order valence-electron chi connectivity index (χ1n) is 10.7. The van der Waals surface area contributed by atoms with Gasteiger partial charge in [-0.15, -0.1) is 5.10 Å². The maximum Gasteiger partial charge on any atom is 0.253 e. The van der Waals surface area contributed by atoms with Crippen LogP contribution >= 0.6 is 11.8 Å². The van der Waals surface area contributed by atoms with Gasteiger partial charge in [-0.2, -0.15) is 5.10 Å². The highest BCUT2D eigenvalue weighted by Gasteiger charge is 2.35. The zero-order valence-electron chi connectivity index (χ0n) is 17.8. The molecular weight excluding hydrogens is 428 g/mol. The lowest BCUT2D eigenvalue weighted by Gasteiger charge is -2.19. The van der Waals surface area contributed by atoms with Crippen molar-refractivity contribution in [1.29, 1.82) is 0 Å². The average molecular weight is 453 g/mol. The van der Waals surface area contributed by atoms with Crippen LogP contribution in [0.1, 0.15) is 42.2 Å². The Morgan fingerprint density at radius 3 is 2.88 bits per heavy atom. The number of hydrogen-bond donors (Lipinski definition) is 0. The molecule has 0 radical (unpaired) electrons. The summed E-state index contributed by atoms with van der Waals surface area (Å²) in [6.07, 6.45) is 4.40. The van der Waals surface area contributed by atoms with Crippen LogP contribution < -0.4 is 0 Å². The largest absolute Gasteiger partial charge is 0.467 e. The van der Waals surface area contributed by atoms with Crippen LogP contribution in [0.4, 0.5) is 0 Å². The molecule has 3 aromatic rings. The van der Waals surface area contributed by atoms with Crippen LogP contribution in [0, 0.1) is 6.92 Å². The van der Waals surface area contributed by atoms with Crippen molar-refractivity contribution in [2.24, 2.45) is 5.10 Å². The number of carbonyl (C=O) groups is 1. The summed E-state index contributed by atoms with van der Waals surface area (Å²) < 4.78 is 13.0. The van der Waals surface area contributed by atoms with Gasteiger partial charge in [-0.3, -0.25) is 4.79 Å². The van der Waals surface area contributed by atoms with Gasteiger partial charge in [0.05, 0.1) is 30.4 Å². The van der Waals surface area contributed by atoms with Gasteiger partial charge < -0.3 is 9.15 Å².